The van der Waals surface area contributed by atoms with Crippen molar-refractivity contribution in [3.8, 4) is 0 Å². The monoisotopic (exact) mass is 141 g/mol. The van der Waals surface area contributed by atoms with Crippen LogP contribution in [0.2, 0.25) is 0 Å². The molecule has 0 saturated heterocycles. The Kier molecular flexibility index (Phi) is 1.63. The molecule has 0 aromatic carbocycles. The Bertz CT molecular complexity index is 229. The summed E-state index contributed by atoms with van der Waals surface area (Å²) in [6.45, 7) is 3.48. The molecule has 1 unspecified atom stereocenters. The summed E-state index contributed by atoms with van der Waals surface area (Å²) < 4.78 is 0. The van der Waals surface area contributed by atoms with Crippen LogP contribution in [0.5, 0.6) is 0 Å². The lowest BCUT2D eigenvalue weighted by Gasteiger charge is -1.98. The van der Waals surface area contributed by atoms with E-state index in [0.717, 1.165) is 5.69 Å². The molecule has 0 saturated carbocycles. The van der Waals surface area contributed by atoms with E-state index in [4.69, 9.17) is 10.8 Å². The van der Waals surface area contributed by atoms with E-state index in [-0.39, 0.29) is 0 Å². The number of aliphatic hydroxyl groups excluding tert-OH is 1. The fourth-order valence-electron chi connectivity index (χ4n) is 0.904. The highest BCUT2D eigenvalue weighted by Crippen LogP contribution is 2.14. The van der Waals surface area contributed by atoms with Crippen LogP contribution in [-0.2, 0) is 0 Å². The van der Waals surface area contributed by atoms with E-state index < -0.39 is 6.10 Å². The molecule has 4 nitrogen and oxygen atoms in total. The first-order chi connectivity index (χ1) is 4.61. The van der Waals surface area contributed by atoms with Crippen molar-refractivity contribution in [2.45, 2.75) is 20.0 Å². The Morgan fingerprint density at radius 1 is 1.70 bits per heavy atom. The zero-order valence-electron chi connectivity index (χ0n) is 6.05. The largest absolute Gasteiger partial charge is 0.387 e. The van der Waals surface area contributed by atoms with Crippen LogP contribution < -0.4 is 5.73 Å². The summed E-state index contributed by atoms with van der Waals surface area (Å²) in [5.41, 5.74) is 6.79. The van der Waals surface area contributed by atoms with E-state index >= 15 is 0 Å². The van der Waals surface area contributed by atoms with Gasteiger partial charge in [-0.15, -0.1) is 0 Å². The highest BCUT2D eigenvalue weighted by atomic mass is 16.3. The predicted octanol–water partition coefficient (Wildman–Crippen LogP) is 0.354. The van der Waals surface area contributed by atoms with Crippen molar-refractivity contribution in [3.05, 3.63) is 11.4 Å². The fraction of sp³-hybridized carbons (Fsp3) is 0.500. The molecule has 0 aliphatic rings. The lowest BCUT2D eigenvalue weighted by atomic mass is 10.2. The average molecular weight is 141 g/mol. The summed E-state index contributed by atoms with van der Waals surface area (Å²) in [6, 6.07) is 0. The number of nitrogens with one attached hydrogen (secondary N) is 1. The minimum absolute atomic E-state index is 0.355. The number of imidazole rings is 1. The Labute approximate surface area is 59.1 Å². The molecular formula is C6H11N3O. The van der Waals surface area contributed by atoms with E-state index in [1.165, 1.54) is 0 Å². The molecule has 0 aliphatic carbocycles. The zero-order valence-corrected chi connectivity index (χ0v) is 6.05. The standard InChI is InChI=1S/C6H11N3O/c1-3-5(4(2)10)9-6(7)8-3/h4,10H,1-2H3,(H3,7,8,9). The number of nitrogen functional groups attached to an aromatic ring is 1. The molecule has 0 amide bonds. The number of nitrogens with two attached hydrogens (primary N) is 1. The molecule has 0 spiro atoms. The van der Waals surface area contributed by atoms with Gasteiger partial charge in [-0.2, -0.15) is 0 Å². The van der Waals surface area contributed by atoms with Gasteiger partial charge in [0.05, 0.1) is 11.8 Å². The minimum Gasteiger partial charge on any atom is -0.387 e. The SMILES string of the molecule is Cc1[nH]c(N)nc1C(C)O. The molecule has 1 rings (SSSR count). The summed E-state index contributed by atoms with van der Waals surface area (Å²) in [4.78, 5) is 6.68. The van der Waals surface area contributed by atoms with Crippen molar-refractivity contribution in [2.75, 3.05) is 5.73 Å². The first kappa shape index (κ1) is 7.08. The second kappa shape index (κ2) is 2.30. The van der Waals surface area contributed by atoms with Crippen LogP contribution in [-0.4, -0.2) is 15.1 Å². The Morgan fingerprint density at radius 2 is 2.30 bits per heavy atom. The number of nitrogens with zero attached hydrogens (tertiary/aromatic N) is 1. The van der Waals surface area contributed by atoms with Gasteiger partial charge in [0.25, 0.3) is 0 Å². The topological polar surface area (TPSA) is 74.9 Å². The average Bonchev–Trinajstić information content (AvgIpc) is 2.10. The van der Waals surface area contributed by atoms with E-state index in [9.17, 15) is 0 Å². The van der Waals surface area contributed by atoms with E-state index in [2.05, 4.69) is 9.97 Å². The second-order valence-corrected chi connectivity index (χ2v) is 2.31. The molecule has 0 aliphatic heterocycles. The lowest BCUT2D eigenvalue weighted by molar-refractivity contribution is 0.194. The first-order valence-electron chi connectivity index (χ1n) is 3.11. The van der Waals surface area contributed by atoms with Gasteiger partial charge in [0.15, 0.2) is 5.95 Å². The molecule has 4 N–H and O–H groups in total. The number of aromatic nitrogens is 2. The maximum absolute atomic E-state index is 9.08. The highest BCUT2D eigenvalue weighted by molar-refractivity contribution is 5.26. The van der Waals surface area contributed by atoms with Crippen molar-refractivity contribution in [1.29, 1.82) is 0 Å². The smallest absolute Gasteiger partial charge is 0.197 e. The number of anilines is 1. The summed E-state index contributed by atoms with van der Waals surface area (Å²) in [5, 5.41) is 9.08. The van der Waals surface area contributed by atoms with Gasteiger partial charge in [-0.05, 0) is 13.8 Å². The maximum Gasteiger partial charge on any atom is 0.197 e. The van der Waals surface area contributed by atoms with Gasteiger partial charge in [-0.25, -0.2) is 4.98 Å². The molecule has 1 aromatic rings. The predicted molar refractivity (Wildman–Crippen MR) is 38.4 cm³/mol. The summed E-state index contributed by atoms with van der Waals surface area (Å²) >= 11 is 0. The number of aliphatic hydroxyl groups is 1. The number of rotatable bonds is 1. The number of H-pyrrole nitrogens is 1. The maximum atomic E-state index is 9.08. The van der Waals surface area contributed by atoms with E-state index in [0.29, 0.717) is 11.6 Å². The van der Waals surface area contributed by atoms with Crippen LogP contribution in [0.1, 0.15) is 24.4 Å². The Balaban J connectivity index is 3.03. The number of aromatic amines is 1. The van der Waals surface area contributed by atoms with Crippen LogP contribution in [0.3, 0.4) is 0 Å². The van der Waals surface area contributed by atoms with Crippen molar-refractivity contribution in [2.24, 2.45) is 0 Å². The third kappa shape index (κ3) is 1.11. The summed E-state index contributed by atoms with van der Waals surface area (Å²) in [5.74, 6) is 0.355. The molecule has 10 heavy (non-hydrogen) atoms. The van der Waals surface area contributed by atoms with Crippen LogP contribution in [0.15, 0.2) is 0 Å². The van der Waals surface area contributed by atoms with Crippen molar-refractivity contribution in [1.82, 2.24) is 9.97 Å². The molecule has 0 radical (unpaired) electrons. The Hall–Kier alpha value is -1.03. The number of hydrogen-bond acceptors (Lipinski definition) is 3. The second-order valence-electron chi connectivity index (χ2n) is 2.31. The molecule has 56 valence electrons. The third-order valence-electron chi connectivity index (χ3n) is 1.34. The summed E-state index contributed by atoms with van der Waals surface area (Å²) in [6.07, 6.45) is -0.548. The minimum atomic E-state index is -0.548. The van der Waals surface area contributed by atoms with Gasteiger partial charge < -0.3 is 15.8 Å². The van der Waals surface area contributed by atoms with Crippen molar-refractivity contribution >= 4 is 5.95 Å². The quantitative estimate of drug-likeness (QED) is 0.528. The van der Waals surface area contributed by atoms with Gasteiger partial charge in [-0.1, -0.05) is 0 Å². The molecule has 4 heteroatoms. The molecule has 0 fully saturated rings. The van der Waals surface area contributed by atoms with Crippen LogP contribution in [0, 0.1) is 6.92 Å². The van der Waals surface area contributed by atoms with Gasteiger partial charge in [0.1, 0.15) is 0 Å². The first-order valence-corrected chi connectivity index (χ1v) is 3.11. The van der Waals surface area contributed by atoms with Crippen molar-refractivity contribution in [3.63, 3.8) is 0 Å². The molecule has 1 atom stereocenters. The number of aryl methyl sites for hydroxylation is 1. The Morgan fingerprint density at radius 3 is 2.50 bits per heavy atom. The fourth-order valence-corrected chi connectivity index (χ4v) is 0.904. The molecule has 0 bridgehead atoms. The van der Waals surface area contributed by atoms with E-state index in [1.807, 2.05) is 6.92 Å². The molecule has 1 heterocycles. The molecule has 1 aromatic heterocycles. The molecular weight excluding hydrogens is 130 g/mol. The van der Waals surface area contributed by atoms with Gasteiger partial charge >= 0.3 is 0 Å². The zero-order chi connectivity index (χ0) is 7.72. The van der Waals surface area contributed by atoms with Gasteiger partial charge in [0.2, 0.25) is 0 Å². The summed E-state index contributed by atoms with van der Waals surface area (Å²) in [7, 11) is 0. The van der Waals surface area contributed by atoms with E-state index in [1.54, 1.807) is 6.92 Å². The van der Waals surface area contributed by atoms with Crippen LogP contribution in [0.25, 0.3) is 0 Å². The van der Waals surface area contributed by atoms with Crippen molar-refractivity contribution < 1.29 is 5.11 Å². The van der Waals surface area contributed by atoms with Crippen LogP contribution >= 0.6 is 0 Å². The number of hydrogen-bond donors (Lipinski definition) is 3. The van der Waals surface area contributed by atoms with Gasteiger partial charge in [0, 0.05) is 5.69 Å². The van der Waals surface area contributed by atoms with Crippen LogP contribution in [0.4, 0.5) is 5.95 Å². The highest BCUT2D eigenvalue weighted by Gasteiger charge is 2.08. The lowest BCUT2D eigenvalue weighted by Crippen LogP contribution is -1.93. The van der Waals surface area contributed by atoms with Gasteiger partial charge in [-0.3, -0.25) is 0 Å². The normalized spacial score (nSPS) is 13.5. The third-order valence-corrected chi connectivity index (χ3v) is 1.34.